The van der Waals surface area contributed by atoms with Gasteiger partial charge in [0.15, 0.2) is 0 Å². The van der Waals surface area contributed by atoms with E-state index in [0.717, 1.165) is 18.6 Å². The van der Waals surface area contributed by atoms with Crippen molar-refractivity contribution < 1.29 is 32.1 Å². The third-order valence-corrected chi connectivity index (χ3v) is 3.31. The van der Waals surface area contributed by atoms with Gasteiger partial charge in [0, 0.05) is 6.08 Å². The fourth-order valence-corrected chi connectivity index (χ4v) is 1.90. The topological polar surface area (TPSA) is 128 Å². The predicted octanol–water partition coefficient (Wildman–Crippen LogP) is 1.94. The molecule has 1 aliphatic carbocycles. The molecular weight excluding hydrogens is 315 g/mol. The Balaban J connectivity index is 0.000000255. The smallest absolute Gasteiger partial charge is 0.338 e. The molecule has 1 aromatic carbocycles. The lowest BCUT2D eigenvalue weighted by Gasteiger charge is -1.99. The van der Waals surface area contributed by atoms with Crippen LogP contribution in [0.3, 0.4) is 0 Å². The number of carboxylic acid groups (broad SMARTS) is 1. The summed E-state index contributed by atoms with van der Waals surface area (Å²) in [4.78, 5) is 12.7. The molecule has 0 aliphatic heterocycles. The largest absolute Gasteiger partial charge is 0.478 e. The van der Waals surface area contributed by atoms with Crippen molar-refractivity contribution in [1.29, 1.82) is 0 Å². The lowest BCUT2D eigenvalue weighted by Crippen LogP contribution is -2.04. The normalized spacial score (nSPS) is 13.1. The van der Waals surface area contributed by atoms with E-state index in [0.29, 0.717) is 11.8 Å². The van der Waals surface area contributed by atoms with Crippen LogP contribution in [0.4, 0.5) is 4.39 Å². The summed E-state index contributed by atoms with van der Waals surface area (Å²) in [6.07, 6.45) is 8.23. The van der Waals surface area contributed by atoms with Crippen LogP contribution in [0.1, 0.15) is 16.8 Å². The molecule has 9 heteroatoms. The van der Waals surface area contributed by atoms with E-state index in [2.05, 4.69) is 4.79 Å². The number of nitrogens with zero attached hydrogens (tertiary/aromatic N) is 2. The predicted molar refractivity (Wildman–Crippen MR) is 74.7 cm³/mol. The van der Waals surface area contributed by atoms with Gasteiger partial charge >= 0.3 is 5.97 Å². The number of carboxylic acids is 1. The maximum Gasteiger partial charge on any atom is 0.338 e. The van der Waals surface area contributed by atoms with Crippen molar-refractivity contribution in [2.24, 2.45) is 0 Å². The molecule has 1 aliphatic rings. The maximum atomic E-state index is 12.9. The number of hydrogen-bond donors (Lipinski definition) is 2. The molecule has 1 aromatic rings. The van der Waals surface area contributed by atoms with Crippen molar-refractivity contribution in [2.75, 3.05) is 0 Å². The number of carbonyl (C=O) groups is 1. The number of aromatic carboxylic acids is 1. The van der Waals surface area contributed by atoms with E-state index in [4.69, 9.17) is 15.2 Å². The summed E-state index contributed by atoms with van der Waals surface area (Å²) >= 11 is 0. The van der Waals surface area contributed by atoms with Crippen LogP contribution in [-0.4, -0.2) is 34.5 Å². The van der Waals surface area contributed by atoms with Crippen LogP contribution < -0.4 is 0 Å². The Hall–Kier alpha value is -2.61. The first-order valence-corrected chi connectivity index (χ1v) is 7.24. The Bertz CT molecular complexity index is 793. The molecule has 0 radical (unpaired) electrons. The van der Waals surface area contributed by atoms with Crippen molar-refractivity contribution >= 4 is 21.8 Å². The summed E-state index contributed by atoms with van der Waals surface area (Å²) in [5.41, 5.74) is 8.25. The summed E-state index contributed by atoms with van der Waals surface area (Å²) in [6, 6.07) is 2.02. The van der Waals surface area contributed by atoms with Crippen LogP contribution in [0.5, 0.6) is 0 Å². The second-order valence-electron chi connectivity index (χ2n) is 4.00. The van der Waals surface area contributed by atoms with Crippen LogP contribution in [0.25, 0.3) is 5.53 Å². The van der Waals surface area contributed by atoms with Gasteiger partial charge in [-0.05, 0) is 18.2 Å². The van der Waals surface area contributed by atoms with Gasteiger partial charge in [-0.25, -0.2) is 9.18 Å². The minimum Gasteiger partial charge on any atom is -0.478 e. The molecule has 0 atom stereocenters. The molecule has 0 aromatic heterocycles. The maximum absolute atomic E-state index is 12.9. The van der Waals surface area contributed by atoms with Gasteiger partial charge in [0.2, 0.25) is 0 Å². The van der Waals surface area contributed by atoms with Crippen molar-refractivity contribution in [1.82, 2.24) is 0 Å². The zero-order valence-corrected chi connectivity index (χ0v) is 11.9. The van der Waals surface area contributed by atoms with E-state index in [-0.39, 0.29) is 0 Å². The molecule has 0 bridgehead atoms. The van der Waals surface area contributed by atoms with Crippen molar-refractivity contribution in [3.63, 3.8) is 0 Å². The third-order valence-electron chi connectivity index (χ3n) is 2.46. The number of allylic oxidation sites excluding steroid dienone is 4. The summed E-state index contributed by atoms with van der Waals surface area (Å²) in [5, 5.41) is 8.41. The SMILES string of the molecule is O=C(O)c1ccc(S(=O)(=O)O)cc1F.[N-]=[N+]=C1C=CC=CC1. The molecule has 116 valence electrons. The van der Waals surface area contributed by atoms with Crippen LogP contribution >= 0.6 is 0 Å². The Morgan fingerprint density at radius 3 is 2.36 bits per heavy atom. The van der Waals surface area contributed by atoms with E-state index in [1.807, 2.05) is 18.2 Å². The standard InChI is InChI=1S/C7H5FO5S.C6H6N2/c8-6-3-4(14(11,12)13)1-2-5(6)7(9)10;7-8-6-4-2-1-3-5-6/h1-3H,(H,9,10)(H,11,12,13);1-4H,5H2. The average Bonchev–Trinajstić information content (AvgIpc) is 2.47. The highest BCUT2D eigenvalue weighted by Gasteiger charge is 2.15. The van der Waals surface area contributed by atoms with Crippen LogP contribution in [0, 0.1) is 5.82 Å². The van der Waals surface area contributed by atoms with Crippen LogP contribution in [-0.2, 0) is 10.1 Å². The van der Waals surface area contributed by atoms with Crippen LogP contribution in [0.2, 0.25) is 0 Å². The first-order valence-electron chi connectivity index (χ1n) is 5.80. The molecule has 22 heavy (non-hydrogen) atoms. The summed E-state index contributed by atoms with van der Waals surface area (Å²) in [5.74, 6) is -2.72. The van der Waals surface area contributed by atoms with E-state index >= 15 is 0 Å². The van der Waals surface area contributed by atoms with Gasteiger partial charge in [0.05, 0.1) is 16.9 Å². The lowest BCUT2D eigenvalue weighted by molar-refractivity contribution is -0.00538. The molecule has 0 fully saturated rings. The molecule has 0 amide bonds. The van der Waals surface area contributed by atoms with Crippen molar-refractivity contribution in [3.05, 3.63) is 59.4 Å². The Kier molecular flexibility index (Phi) is 5.88. The first kappa shape index (κ1) is 17.4. The highest BCUT2D eigenvalue weighted by atomic mass is 32.2. The zero-order valence-electron chi connectivity index (χ0n) is 11.0. The van der Waals surface area contributed by atoms with Gasteiger partial charge in [-0.2, -0.15) is 13.2 Å². The molecule has 0 saturated heterocycles. The molecule has 0 unspecified atom stereocenters. The fraction of sp³-hybridized carbons (Fsp3) is 0.0769. The van der Waals surface area contributed by atoms with E-state index in [1.54, 1.807) is 6.08 Å². The average molecular weight is 326 g/mol. The molecule has 2 rings (SSSR count). The quantitative estimate of drug-likeness (QED) is 0.487. The Morgan fingerprint density at radius 1 is 1.32 bits per heavy atom. The van der Waals surface area contributed by atoms with Crippen molar-refractivity contribution in [2.45, 2.75) is 11.3 Å². The molecule has 7 nitrogen and oxygen atoms in total. The molecule has 0 spiro atoms. The van der Waals surface area contributed by atoms with E-state index in [9.17, 15) is 17.6 Å². The number of rotatable bonds is 2. The van der Waals surface area contributed by atoms with E-state index in [1.165, 1.54) is 0 Å². The van der Waals surface area contributed by atoms with Gasteiger partial charge in [0.25, 0.3) is 15.8 Å². The zero-order chi connectivity index (χ0) is 16.8. The fourth-order valence-electron chi connectivity index (χ4n) is 1.41. The first-order chi connectivity index (χ1) is 10.3. The van der Waals surface area contributed by atoms with Gasteiger partial charge < -0.3 is 10.6 Å². The third kappa shape index (κ3) is 5.06. The van der Waals surface area contributed by atoms with Gasteiger partial charge in [-0.3, -0.25) is 4.55 Å². The molecular formula is C13H11FN2O5S. The highest BCUT2D eigenvalue weighted by molar-refractivity contribution is 7.85. The summed E-state index contributed by atoms with van der Waals surface area (Å²) in [7, 11) is -4.50. The van der Waals surface area contributed by atoms with Gasteiger partial charge in [-0.1, -0.05) is 18.2 Å². The number of halogens is 1. The van der Waals surface area contributed by atoms with Crippen LogP contribution in [0.15, 0.2) is 47.4 Å². The second kappa shape index (κ2) is 7.41. The monoisotopic (exact) mass is 326 g/mol. The number of hydrogen-bond acceptors (Lipinski definition) is 3. The summed E-state index contributed by atoms with van der Waals surface area (Å²) in [6.45, 7) is 0. The Morgan fingerprint density at radius 2 is 2.00 bits per heavy atom. The number of benzene rings is 1. The minimum atomic E-state index is -4.50. The van der Waals surface area contributed by atoms with Gasteiger partial charge in [0.1, 0.15) is 5.82 Å². The minimum absolute atomic E-state index is 0.443. The highest BCUT2D eigenvalue weighted by Crippen LogP contribution is 2.14. The summed E-state index contributed by atoms with van der Waals surface area (Å²) < 4.78 is 42.4. The molecule has 0 saturated carbocycles. The van der Waals surface area contributed by atoms with Gasteiger partial charge in [-0.15, -0.1) is 0 Å². The molecule has 2 N–H and O–H groups in total. The second-order valence-corrected chi connectivity index (χ2v) is 5.43. The Labute approximate surface area is 125 Å². The lowest BCUT2D eigenvalue weighted by atomic mass is 10.2. The molecule has 0 heterocycles. The van der Waals surface area contributed by atoms with Crippen molar-refractivity contribution in [3.8, 4) is 0 Å². The van der Waals surface area contributed by atoms with E-state index < -0.39 is 32.4 Å².